The van der Waals surface area contributed by atoms with Crippen molar-refractivity contribution in [3.05, 3.63) is 42.2 Å². The van der Waals surface area contributed by atoms with Crippen LogP contribution in [0.3, 0.4) is 0 Å². The fourth-order valence-electron chi connectivity index (χ4n) is 2.78. The number of carbonyl (C=O) groups excluding carboxylic acids is 1. The van der Waals surface area contributed by atoms with Crippen molar-refractivity contribution < 1.29 is 19.4 Å². The molecule has 0 atom stereocenters. The van der Waals surface area contributed by atoms with Crippen molar-refractivity contribution in [3.8, 4) is 0 Å². The fourth-order valence-corrected chi connectivity index (χ4v) is 2.78. The van der Waals surface area contributed by atoms with E-state index >= 15 is 0 Å². The lowest BCUT2D eigenvalue weighted by Gasteiger charge is -2.19. The van der Waals surface area contributed by atoms with Crippen molar-refractivity contribution in [1.29, 1.82) is 0 Å². The monoisotopic (exact) mass is 382 g/mol. The number of fused-ring (bicyclic) bond motifs is 3. The molecular weight excluding hydrogens is 360 g/mol. The van der Waals surface area contributed by atoms with Crippen molar-refractivity contribution >= 4 is 39.6 Å². The molecule has 0 saturated carbocycles. The predicted molar refractivity (Wildman–Crippen MR) is 107 cm³/mol. The third-order valence-corrected chi connectivity index (χ3v) is 3.93. The molecule has 2 heterocycles. The van der Waals surface area contributed by atoms with Gasteiger partial charge in [-0.3, -0.25) is 4.98 Å². The Balaban J connectivity index is 1.81. The van der Waals surface area contributed by atoms with Crippen LogP contribution in [0.2, 0.25) is 0 Å². The standard InChI is InChI=1S/C20H22N4O4/c1-20(2,3)28-19(27)23-9-8-22-17-14-6-7-21-11-15(14)13-5-4-12(18(25)26)10-16(13)24-17/h4-7,10-11H,8-9H2,1-3H3,(H,22,24)(H,23,27)(H,25,26). The molecule has 0 aliphatic carbocycles. The molecule has 0 fully saturated rings. The topological polar surface area (TPSA) is 113 Å². The molecule has 0 bridgehead atoms. The molecule has 0 saturated heterocycles. The molecule has 3 rings (SSSR count). The maximum absolute atomic E-state index is 11.7. The van der Waals surface area contributed by atoms with Crippen LogP contribution < -0.4 is 10.6 Å². The lowest BCUT2D eigenvalue weighted by molar-refractivity contribution is 0.0529. The third-order valence-electron chi connectivity index (χ3n) is 3.93. The molecule has 0 unspecified atom stereocenters. The minimum Gasteiger partial charge on any atom is -0.478 e. The second kappa shape index (κ2) is 7.67. The molecule has 0 radical (unpaired) electrons. The summed E-state index contributed by atoms with van der Waals surface area (Å²) < 4.78 is 5.20. The highest BCUT2D eigenvalue weighted by Crippen LogP contribution is 2.29. The van der Waals surface area contributed by atoms with Crippen LogP contribution in [0.5, 0.6) is 0 Å². The van der Waals surface area contributed by atoms with Gasteiger partial charge in [0.2, 0.25) is 0 Å². The van der Waals surface area contributed by atoms with Crippen LogP contribution in [-0.2, 0) is 4.74 Å². The van der Waals surface area contributed by atoms with Gasteiger partial charge in [-0.25, -0.2) is 14.6 Å². The van der Waals surface area contributed by atoms with Crippen molar-refractivity contribution in [2.75, 3.05) is 18.4 Å². The summed E-state index contributed by atoms with van der Waals surface area (Å²) in [6, 6.07) is 6.67. The van der Waals surface area contributed by atoms with Gasteiger partial charge in [0.15, 0.2) is 0 Å². The zero-order chi connectivity index (χ0) is 20.3. The smallest absolute Gasteiger partial charge is 0.407 e. The number of aromatic nitrogens is 2. The van der Waals surface area contributed by atoms with Crippen molar-refractivity contribution in [1.82, 2.24) is 15.3 Å². The predicted octanol–water partition coefficient (Wildman–Crippen LogP) is 3.42. The number of carboxylic acids is 1. The molecule has 0 spiro atoms. The number of pyridine rings is 2. The number of alkyl carbamates (subject to hydrolysis) is 1. The van der Waals surface area contributed by atoms with Gasteiger partial charge < -0.3 is 20.5 Å². The van der Waals surface area contributed by atoms with Gasteiger partial charge in [-0.15, -0.1) is 0 Å². The number of hydrogen-bond acceptors (Lipinski definition) is 6. The molecule has 28 heavy (non-hydrogen) atoms. The SMILES string of the molecule is CC(C)(C)OC(=O)NCCNc1nc2cc(C(=O)O)ccc2c2cnccc12. The minimum atomic E-state index is -1.01. The molecule has 3 aromatic rings. The Morgan fingerprint density at radius 2 is 1.89 bits per heavy atom. The highest BCUT2D eigenvalue weighted by atomic mass is 16.6. The summed E-state index contributed by atoms with van der Waals surface area (Å²) in [7, 11) is 0. The van der Waals surface area contributed by atoms with E-state index in [9.17, 15) is 14.7 Å². The zero-order valence-electron chi connectivity index (χ0n) is 15.9. The van der Waals surface area contributed by atoms with E-state index in [1.165, 1.54) is 6.07 Å². The molecule has 3 N–H and O–H groups in total. The number of rotatable bonds is 5. The van der Waals surface area contributed by atoms with E-state index in [0.717, 1.165) is 16.2 Å². The summed E-state index contributed by atoms with van der Waals surface area (Å²) in [6.07, 6.45) is 2.91. The number of carboxylic acid groups (broad SMARTS) is 1. The molecular formula is C20H22N4O4. The Hall–Kier alpha value is -3.42. The number of amides is 1. The fraction of sp³-hybridized carbons (Fsp3) is 0.300. The van der Waals surface area contributed by atoms with Gasteiger partial charge >= 0.3 is 12.1 Å². The van der Waals surface area contributed by atoms with Crippen molar-refractivity contribution in [2.45, 2.75) is 26.4 Å². The Bertz CT molecular complexity index is 1040. The van der Waals surface area contributed by atoms with E-state index in [2.05, 4.69) is 20.6 Å². The van der Waals surface area contributed by atoms with Gasteiger partial charge in [0.1, 0.15) is 11.4 Å². The first-order chi connectivity index (χ1) is 13.2. The van der Waals surface area contributed by atoms with E-state index in [0.29, 0.717) is 24.4 Å². The molecule has 1 aromatic carbocycles. The van der Waals surface area contributed by atoms with Crippen molar-refractivity contribution in [2.24, 2.45) is 0 Å². The number of ether oxygens (including phenoxy) is 1. The maximum Gasteiger partial charge on any atom is 0.407 e. The lowest BCUT2D eigenvalue weighted by Crippen LogP contribution is -2.35. The summed E-state index contributed by atoms with van der Waals surface area (Å²) in [4.78, 5) is 31.7. The van der Waals surface area contributed by atoms with Crippen LogP contribution in [-0.4, -0.2) is 45.8 Å². The number of nitrogens with one attached hydrogen (secondary N) is 2. The first-order valence-electron chi connectivity index (χ1n) is 8.86. The van der Waals surface area contributed by atoms with Gasteiger partial charge in [0.25, 0.3) is 0 Å². The molecule has 0 aliphatic rings. The maximum atomic E-state index is 11.7. The lowest BCUT2D eigenvalue weighted by atomic mass is 10.1. The normalized spacial score (nSPS) is 11.4. The van der Waals surface area contributed by atoms with E-state index in [1.54, 1.807) is 45.3 Å². The second-order valence-corrected chi connectivity index (χ2v) is 7.27. The number of benzene rings is 1. The number of nitrogens with zero attached hydrogens (tertiary/aromatic N) is 2. The molecule has 0 aliphatic heterocycles. The molecule has 8 heteroatoms. The van der Waals surface area contributed by atoms with Gasteiger partial charge in [-0.2, -0.15) is 0 Å². The molecule has 146 valence electrons. The van der Waals surface area contributed by atoms with Crippen LogP contribution in [0.25, 0.3) is 21.7 Å². The Labute approximate surface area is 161 Å². The Morgan fingerprint density at radius 3 is 2.61 bits per heavy atom. The van der Waals surface area contributed by atoms with E-state index in [1.807, 2.05) is 6.07 Å². The summed E-state index contributed by atoms with van der Waals surface area (Å²) >= 11 is 0. The number of aromatic carboxylic acids is 1. The second-order valence-electron chi connectivity index (χ2n) is 7.27. The van der Waals surface area contributed by atoms with Gasteiger partial charge in [-0.1, -0.05) is 6.07 Å². The molecule has 8 nitrogen and oxygen atoms in total. The van der Waals surface area contributed by atoms with E-state index < -0.39 is 17.7 Å². The van der Waals surface area contributed by atoms with Gasteiger partial charge in [-0.05, 0) is 39.0 Å². The quantitative estimate of drug-likeness (QED) is 0.458. The average molecular weight is 382 g/mol. The Kier molecular flexibility index (Phi) is 5.30. The van der Waals surface area contributed by atoms with E-state index in [-0.39, 0.29) is 5.56 Å². The summed E-state index contributed by atoms with van der Waals surface area (Å²) in [5, 5.41) is 17.6. The molecule has 1 amide bonds. The van der Waals surface area contributed by atoms with Crippen LogP contribution >= 0.6 is 0 Å². The largest absolute Gasteiger partial charge is 0.478 e. The average Bonchev–Trinajstić information content (AvgIpc) is 2.63. The zero-order valence-corrected chi connectivity index (χ0v) is 15.9. The summed E-state index contributed by atoms with van der Waals surface area (Å²) in [5.41, 5.74) is 0.173. The minimum absolute atomic E-state index is 0.167. The highest BCUT2D eigenvalue weighted by molar-refractivity contribution is 6.10. The van der Waals surface area contributed by atoms with Crippen LogP contribution in [0.4, 0.5) is 10.6 Å². The van der Waals surface area contributed by atoms with Crippen LogP contribution in [0.15, 0.2) is 36.7 Å². The highest BCUT2D eigenvalue weighted by Gasteiger charge is 2.15. The summed E-state index contributed by atoms with van der Waals surface area (Å²) in [5.74, 6) is -0.413. The molecule has 2 aromatic heterocycles. The van der Waals surface area contributed by atoms with Gasteiger partial charge in [0.05, 0.1) is 11.1 Å². The first kappa shape index (κ1) is 19.3. The Morgan fingerprint density at radius 1 is 1.11 bits per heavy atom. The van der Waals surface area contributed by atoms with Crippen molar-refractivity contribution in [3.63, 3.8) is 0 Å². The number of anilines is 1. The van der Waals surface area contributed by atoms with E-state index in [4.69, 9.17) is 4.74 Å². The van der Waals surface area contributed by atoms with Crippen LogP contribution in [0, 0.1) is 0 Å². The van der Waals surface area contributed by atoms with Gasteiger partial charge in [0, 0.05) is 41.6 Å². The third kappa shape index (κ3) is 4.46. The summed E-state index contributed by atoms with van der Waals surface area (Å²) in [6.45, 7) is 6.17. The first-order valence-corrected chi connectivity index (χ1v) is 8.86. The number of hydrogen-bond donors (Lipinski definition) is 3. The van der Waals surface area contributed by atoms with Crippen LogP contribution in [0.1, 0.15) is 31.1 Å². The number of carbonyl (C=O) groups is 2.